The quantitative estimate of drug-likeness (QED) is 0.392. The summed E-state index contributed by atoms with van der Waals surface area (Å²) in [6, 6.07) is 18.2. The number of anilines is 2. The van der Waals surface area contributed by atoms with Gasteiger partial charge in [-0.05, 0) is 55.0 Å². The second-order valence-electron chi connectivity index (χ2n) is 10.9. The van der Waals surface area contributed by atoms with Crippen LogP contribution in [0.4, 0.5) is 11.4 Å². The van der Waals surface area contributed by atoms with Crippen LogP contribution in [-0.4, -0.2) is 98.2 Å². The van der Waals surface area contributed by atoms with Crippen LogP contribution in [0.3, 0.4) is 0 Å². The smallest absolute Gasteiger partial charge is 0.261 e. The lowest BCUT2D eigenvalue weighted by Gasteiger charge is -2.39. The molecular formula is C30H35Cl2N5O4S. The van der Waals surface area contributed by atoms with E-state index in [1.54, 1.807) is 35.2 Å². The van der Waals surface area contributed by atoms with E-state index in [1.165, 1.54) is 4.90 Å². The van der Waals surface area contributed by atoms with E-state index < -0.39 is 14.9 Å². The maximum atomic E-state index is 13.7. The van der Waals surface area contributed by atoms with Crippen LogP contribution in [0.15, 0.2) is 65.6 Å². The second-order valence-corrected chi connectivity index (χ2v) is 13.7. The summed E-state index contributed by atoms with van der Waals surface area (Å²) >= 11 is 11.5. The third-order valence-electron chi connectivity index (χ3n) is 7.97. The zero-order valence-corrected chi connectivity index (χ0v) is 26.0. The van der Waals surface area contributed by atoms with Gasteiger partial charge < -0.3 is 14.7 Å². The maximum Gasteiger partial charge on any atom is 0.261 e. The first-order valence-corrected chi connectivity index (χ1v) is 16.4. The molecule has 2 amide bonds. The van der Waals surface area contributed by atoms with Crippen molar-refractivity contribution in [2.75, 3.05) is 62.0 Å². The lowest BCUT2D eigenvalue weighted by atomic mass is 10.1. The zero-order chi connectivity index (χ0) is 30.0. The van der Waals surface area contributed by atoms with Gasteiger partial charge >= 0.3 is 0 Å². The molecule has 0 aliphatic carbocycles. The van der Waals surface area contributed by atoms with E-state index in [1.807, 2.05) is 30.3 Å². The molecule has 2 aliphatic rings. The number of hydrogen-bond donors (Lipinski definition) is 1. The molecule has 5 rings (SSSR count). The van der Waals surface area contributed by atoms with Crippen molar-refractivity contribution < 1.29 is 18.0 Å². The molecule has 3 aromatic carbocycles. The monoisotopic (exact) mass is 631 g/mol. The summed E-state index contributed by atoms with van der Waals surface area (Å²) in [7, 11) is -3.96. The summed E-state index contributed by atoms with van der Waals surface area (Å²) in [6.07, 6.45) is 0. The summed E-state index contributed by atoms with van der Waals surface area (Å²) in [4.78, 5) is 32.4. The third kappa shape index (κ3) is 6.62. The molecule has 0 spiro atoms. The topological polar surface area (TPSA) is 93.3 Å². The normalized spacial score (nSPS) is 16.9. The molecule has 3 aromatic rings. The summed E-state index contributed by atoms with van der Waals surface area (Å²) in [5, 5.41) is 1.77. The highest BCUT2D eigenvalue weighted by Crippen LogP contribution is 2.32. The first kappa shape index (κ1) is 30.4. The predicted molar refractivity (Wildman–Crippen MR) is 168 cm³/mol. The molecule has 2 fully saturated rings. The number of rotatable bonds is 7. The molecule has 0 saturated carbocycles. The highest BCUT2D eigenvalue weighted by molar-refractivity contribution is 7.92. The molecule has 0 aromatic heterocycles. The van der Waals surface area contributed by atoms with Crippen LogP contribution in [0.2, 0.25) is 0 Å². The summed E-state index contributed by atoms with van der Waals surface area (Å²) in [5.41, 5.74) is 1.45. The van der Waals surface area contributed by atoms with Crippen molar-refractivity contribution in [3.8, 4) is 0 Å². The number of nitrogens with zero attached hydrogens (tertiary/aromatic N) is 4. The Labute approximate surface area is 257 Å². The SMILES string of the molecule is CC(C)N1CCN(c2ccc(C(=O)N3CCN(C(=O)C(Cl)Cl)CC3)cc2NS(=O)(=O)c2ccc3ccccc3c2)CC1. The molecule has 9 nitrogen and oxygen atoms in total. The van der Waals surface area contributed by atoms with Crippen LogP contribution >= 0.6 is 23.2 Å². The number of halogens is 2. The van der Waals surface area contributed by atoms with Gasteiger partial charge in [-0.2, -0.15) is 0 Å². The van der Waals surface area contributed by atoms with Crippen LogP contribution in [0, 0.1) is 0 Å². The number of piperazine rings is 2. The van der Waals surface area contributed by atoms with Gasteiger partial charge in [0.1, 0.15) is 0 Å². The summed E-state index contributed by atoms with van der Waals surface area (Å²) < 4.78 is 30.1. The van der Waals surface area contributed by atoms with E-state index >= 15 is 0 Å². The highest BCUT2D eigenvalue weighted by atomic mass is 35.5. The fourth-order valence-electron chi connectivity index (χ4n) is 5.49. The van der Waals surface area contributed by atoms with Gasteiger partial charge in [-0.25, -0.2) is 8.42 Å². The number of alkyl halides is 2. The number of hydrogen-bond acceptors (Lipinski definition) is 6. The number of carbonyl (C=O) groups is 2. The van der Waals surface area contributed by atoms with Crippen LogP contribution in [0.25, 0.3) is 10.8 Å². The molecular weight excluding hydrogens is 597 g/mol. The maximum absolute atomic E-state index is 13.7. The van der Waals surface area contributed by atoms with Crippen molar-refractivity contribution in [2.24, 2.45) is 0 Å². The Kier molecular flexibility index (Phi) is 9.17. The lowest BCUT2D eigenvalue weighted by molar-refractivity contribution is -0.130. The Morgan fingerprint density at radius 3 is 2.07 bits per heavy atom. The van der Waals surface area contributed by atoms with Gasteiger partial charge in [0.15, 0.2) is 4.84 Å². The number of carbonyl (C=O) groups excluding carboxylic acids is 2. The molecule has 1 N–H and O–H groups in total. The Morgan fingerprint density at radius 1 is 0.786 bits per heavy atom. The van der Waals surface area contributed by atoms with E-state index in [2.05, 4.69) is 28.4 Å². The first-order valence-electron chi connectivity index (χ1n) is 14.0. The summed E-state index contributed by atoms with van der Waals surface area (Å²) in [5.74, 6) is -0.615. The van der Waals surface area contributed by atoms with Gasteiger partial charge in [0.25, 0.3) is 21.8 Å². The molecule has 2 saturated heterocycles. The van der Waals surface area contributed by atoms with Gasteiger partial charge in [0.2, 0.25) is 0 Å². The second kappa shape index (κ2) is 12.7. The molecule has 0 unspecified atom stereocenters. The van der Waals surface area contributed by atoms with Crippen molar-refractivity contribution in [1.82, 2.24) is 14.7 Å². The number of benzene rings is 3. The van der Waals surface area contributed by atoms with Crippen LogP contribution < -0.4 is 9.62 Å². The number of fused-ring (bicyclic) bond motifs is 1. The fourth-order valence-corrected chi connectivity index (χ4v) is 6.87. The van der Waals surface area contributed by atoms with E-state index in [0.717, 1.165) is 42.6 Å². The van der Waals surface area contributed by atoms with Gasteiger partial charge in [-0.15, -0.1) is 0 Å². The minimum absolute atomic E-state index is 0.145. The Morgan fingerprint density at radius 2 is 1.43 bits per heavy atom. The van der Waals surface area contributed by atoms with Crippen molar-refractivity contribution in [3.63, 3.8) is 0 Å². The first-order chi connectivity index (χ1) is 20.0. The van der Waals surface area contributed by atoms with Gasteiger partial charge in [0.05, 0.1) is 16.3 Å². The van der Waals surface area contributed by atoms with Crippen molar-refractivity contribution >= 4 is 67.2 Å². The van der Waals surface area contributed by atoms with Crippen LogP contribution in [-0.2, 0) is 14.8 Å². The Balaban J connectivity index is 1.42. The van der Waals surface area contributed by atoms with E-state index in [9.17, 15) is 18.0 Å². The van der Waals surface area contributed by atoms with E-state index in [4.69, 9.17) is 23.2 Å². The number of sulfonamides is 1. The van der Waals surface area contributed by atoms with Gasteiger partial charge in [0, 0.05) is 64.0 Å². The molecule has 2 aliphatic heterocycles. The number of nitrogens with one attached hydrogen (secondary N) is 1. The van der Waals surface area contributed by atoms with E-state index in [0.29, 0.717) is 43.5 Å². The summed E-state index contributed by atoms with van der Waals surface area (Å²) in [6.45, 7) is 8.78. The van der Waals surface area contributed by atoms with Gasteiger partial charge in [-0.1, -0.05) is 53.5 Å². The zero-order valence-electron chi connectivity index (χ0n) is 23.7. The van der Waals surface area contributed by atoms with Crippen LogP contribution in [0.1, 0.15) is 24.2 Å². The molecule has 12 heteroatoms. The van der Waals surface area contributed by atoms with E-state index in [-0.39, 0.29) is 16.7 Å². The third-order valence-corrected chi connectivity index (χ3v) is 9.71. The largest absolute Gasteiger partial charge is 0.367 e. The number of amides is 2. The Bertz CT molecular complexity index is 1570. The minimum Gasteiger partial charge on any atom is -0.367 e. The molecule has 0 bridgehead atoms. The molecule has 224 valence electrons. The lowest BCUT2D eigenvalue weighted by Crippen LogP contribution is -2.51. The molecule has 0 atom stereocenters. The van der Waals surface area contributed by atoms with Crippen molar-refractivity contribution in [2.45, 2.75) is 29.6 Å². The van der Waals surface area contributed by atoms with Crippen molar-refractivity contribution in [1.29, 1.82) is 0 Å². The van der Waals surface area contributed by atoms with Crippen LogP contribution in [0.5, 0.6) is 0 Å². The fraction of sp³-hybridized carbons (Fsp3) is 0.400. The average Bonchev–Trinajstić information content (AvgIpc) is 3.00. The molecule has 0 radical (unpaired) electrons. The standard InChI is InChI=1S/C30H35Cl2N5O4S/c1-21(2)34-11-13-35(14-12-34)27-10-8-24(29(38)36-15-17-37(18-16-36)30(39)28(31)32)20-26(27)33-42(40,41)25-9-7-22-5-3-4-6-23(22)19-25/h3-10,19-21,28,33H,11-18H2,1-2H3. The minimum atomic E-state index is -3.96. The highest BCUT2D eigenvalue weighted by Gasteiger charge is 2.29. The molecule has 42 heavy (non-hydrogen) atoms. The average molecular weight is 633 g/mol. The predicted octanol–water partition coefficient (Wildman–Crippen LogP) is 4.26. The molecule has 2 heterocycles. The Hall–Kier alpha value is -3.05. The van der Waals surface area contributed by atoms with Crippen molar-refractivity contribution in [3.05, 3.63) is 66.2 Å². The van der Waals surface area contributed by atoms with Gasteiger partial charge in [-0.3, -0.25) is 19.2 Å².